The van der Waals surface area contributed by atoms with Gasteiger partial charge in [-0.1, -0.05) is 30.3 Å². The first-order valence-corrected chi connectivity index (χ1v) is 7.94. The second-order valence-corrected chi connectivity index (χ2v) is 6.02. The number of carbonyl (C=O) groups is 1. The van der Waals surface area contributed by atoms with Crippen molar-refractivity contribution in [2.45, 2.75) is 19.1 Å². The largest absolute Gasteiger partial charge is 0.472 e. The van der Waals surface area contributed by atoms with Gasteiger partial charge in [-0.3, -0.25) is 9.69 Å². The molecule has 1 aliphatic heterocycles. The van der Waals surface area contributed by atoms with Crippen LogP contribution in [0.5, 0.6) is 0 Å². The SMILES string of the molecule is O=C(Cc1ccccc1)N1CCN(Cc2ccoc2)C[C@@H](O)C1. The van der Waals surface area contributed by atoms with Crippen LogP contribution in [0.3, 0.4) is 0 Å². The molecule has 23 heavy (non-hydrogen) atoms. The average Bonchev–Trinajstić information content (AvgIpc) is 2.97. The fraction of sp³-hybridized carbons (Fsp3) is 0.389. The molecule has 1 saturated heterocycles. The molecule has 0 unspecified atom stereocenters. The number of nitrogens with zero attached hydrogens (tertiary/aromatic N) is 2. The van der Waals surface area contributed by atoms with Crippen LogP contribution < -0.4 is 0 Å². The van der Waals surface area contributed by atoms with E-state index in [0.29, 0.717) is 26.1 Å². The standard InChI is InChI=1S/C18H22N2O3/c21-17-12-19(11-16-6-9-23-14-16)7-8-20(13-17)18(22)10-15-4-2-1-3-5-15/h1-6,9,14,17,21H,7-8,10-13H2/t17-/m1/s1. The molecule has 0 radical (unpaired) electrons. The van der Waals surface area contributed by atoms with Crippen molar-refractivity contribution in [3.63, 3.8) is 0 Å². The fourth-order valence-corrected chi connectivity index (χ4v) is 2.95. The van der Waals surface area contributed by atoms with Gasteiger partial charge in [0.15, 0.2) is 0 Å². The van der Waals surface area contributed by atoms with Crippen molar-refractivity contribution in [3.8, 4) is 0 Å². The van der Waals surface area contributed by atoms with Crippen molar-refractivity contribution in [1.29, 1.82) is 0 Å². The molecule has 5 nitrogen and oxygen atoms in total. The number of hydrogen-bond donors (Lipinski definition) is 1. The van der Waals surface area contributed by atoms with E-state index in [1.165, 1.54) is 0 Å². The van der Waals surface area contributed by atoms with Gasteiger partial charge in [0.05, 0.1) is 25.1 Å². The number of rotatable bonds is 4. The van der Waals surface area contributed by atoms with Gasteiger partial charge in [-0.2, -0.15) is 0 Å². The lowest BCUT2D eigenvalue weighted by Crippen LogP contribution is -2.38. The first-order chi connectivity index (χ1) is 11.2. The Hall–Kier alpha value is -2.11. The molecule has 1 fully saturated rings. The fourth-order valence-electron chi connectivity index (χ4n) is 2.95. The molecule has 0 saturated carbocycles. The Morgan fingerprint density at radius 3 is 2.70 bits per heavy atom. The molecule has 1 amide bonds. The van der Waals surface area contributed by atoms with Gasteiger partial charge in [-0.05, 0) is 11.6 Å². The predicted octanol–water partition coefficient (Wildman–Crippen LogP) is 1.53. The van der Waals surface area contributed by atoms with Gasteiger partial charge in [0.25, 0.3) is 0 Å². The maximum Gasteiger partial charge on any atom is 0.227 e. The van der Waals surface area contributed by atoms with Crippen molar-refractivity contribution in [1.82, 2.24) is 9.80 Å². The summed E-state index contributed by atoms with van der Waals surface area (Å²) in [6.07, 6.45) is 3.23. The summed E-state index contributed by atoms with van der Waals surface area (Å²) in [4.78, 5) is 16.4. The van der Waals surface area contributed by atoms with E-state index < -0.39 is 6.10 Å². The average molecular weight is 314 g/mol. The Morgan fingerprint density at radius 2 is 1.96 bits per heavy atom. The van der Waals surface area contributed by atoms with E-state index in [1.54, 1.807) is 17.4 Å². The summed E-state index contributed by atoms with van der Waals surface area (Å²) in [7, 11) is 0. The van der Waals surface area contributed by atoms with Gasteiger partial charge in [0, 0.05) is 38.3 Å². The van der Waals surface area contributed by atoms with Crippen molar-refractivity contribution < 1.29 is 14.3 Å². The molecule has 2 heterocycles. The molecular weight excluding hydrogens is 292 g/mol. The summed E-state index contributed by atoms with van der Waals surface area (Å²) in [5.74, 6) is 0.0698. The van der Waals surface area contributed by atoms with Gasteiger partial charge >= 0.3 is 0 Å². The minimum Gasteiger partial charge on any atom is -0.472 e. The van der Waals surface area contributed by atoms with Crippen LogP contribution in [0.2, 0.25) is 0 Å². The van der Waals surface area contributed by atoms with E-state index >= 15 is 0 Å². The molecule has 3 rings (SSSR count). The van der Waals surface area contributed by atoms with Crippen LogP contribution in [0, 0.1) is 0 Å². The Labute approximate surface area is 136 Å². The van der Waals surface area contributed by atoms with Crippen LogP contribution in [-0.4, -0.2) is 53.1 Å². The van der Waals surface area contributed by atoms with Crippen molar-refractivity contribution in [2.24, 2.45) is 0 Å². The first-order valence-electron chi connectivity index (χ1n) is 7.94. The summed E-state index contributed by atoms with van der Waals surface area (Å²) in [6, 6.07) is 11.7. The Kier molecular flexibility index (Phi) is 5.10. The lowest BCUT2D eigenvalue weighted by atomic mass is 10.1. The third kappa shape index (κ3) is 4.43. The molecule has 122 valence electrons. The van der Waals surface area contributed by atoms with Gasteiger partial charge in [0.2, 0.25) is 5.91 Å². The summed E-state index contributed by atoms with van der Waals surface area (Å²) in [5.41, 5.74) is 2.09. The first kappa shape index (κ1) is 15.8. The van der Waals surface area contributed by atoms with Crippen molar-refractivity contribution in [2.75, 3.05) is 26.2 Å². The monoisotopic (exact) mass is 314 g/mol. The second-order valence-electron chi connectivity index (χ2n) is 6.02. The number of β-amino-alcohol motifs (C(OH)–C–C–N with tert-alkyl or cyclic N) is 1. The van der Waals surface area contributed by atoms with Gasteiger partial charge < -0.3 is 14.4 Å². The van der Waals surface area contributed by atoms with Crippen LogP contribution >= 0.6 is 0 Å². The van der Waals surface area contributed by atoms with E-state index in [4.69, 9.17) is 4.42 Å². The van der Waals surface area contributed by atoms with Crippen molar-refractivity contribution >= 4 is 5.91 Å². The van der Waals surface area contributed by atoms with Crippen LogP contribution in [-0.2, 0) is 17.8 Å². The van der Waals surface area contributed by atoms with E-state index in [2.05, 4.69) is 4.90 Å². The number of amides is 1. The number of aliphatic hydroxyl groups is 1. The highest BCUT2D eigenvalue weighted by molar-refractivity contribution is 5.78. The lowest BCUT2D eigenvalue weighted by Gasteiger charge is -2.21. The summed E-state index contributed by atoms with van der Waals surface area (Å²) < 4.78 is 5.09. The van der Waals surface area contributed by atoms with Crippen LogP contribution in [0.15, 0.2) is 53.3 Å². The van der Waals surface area contributed by atoms with Gasteiger partial charge in [-0.15, -0.1) is 0 Å². The molecule has 1 aromatic heterocycles. The summed E-state index contributed by atoms with van der Waals surface area (Å²) in [5, 5.41) is 10.2. The van der Waals surface area contributed by atoms with Crippen LogP contribution in [0.4, 0.5) is 0 Å². The molecule has 1 aromatic carbocycles. The number of furan rings is 1. The molecule has 0 aliphatic carbocycles. The zero-order chi connectivity index (χ0) is 16.1. The number of carbonyl (C=O) groups excluding carboxylic acids is 1. The number of hydrogen-bond acceptors (Lipinski definition) is 4. The molecule has 1 N–H and O–H groups in total. The van der Waals surface area contributed by atoms with E-state index in [1.807, 2.05) is 36.4 Å². The number of benzene rings is 1. The highest BCUT2D eigenvalue weighted by atomic mass is 16.3. The molecule has 0 spiro atoms. The molecule has 2 aromatic rings. The molecule has 0 bridgehead atoms. The Morgan fingerprint density at radius 1 is 1.13 bits per heavy atom. The third-order valence-electron chi connectivity index (χ3n) is 4.12. The van der Waals surface area contributed by atoms with Gasteiger partial charge in [0.1, 0.15) is 0 Å². The third-order valence-corrected chi connectivity index (χ3v) is 4.12. The number of aliphatic hydroxyl groups excluding tert-OH is 1. The molecule has 1 atom stereocenters. The van der Waals surface area contributed by atoms with Gasteiger partial charge in [-0.25, -0.2) is 0 Å². The second kappa shape index (κ2) is 7.44. The van der Waals surface area contributed by atoms with E-state index in [-0.39, 0.29) is 5.91 Å². The highest BCUT2D eigenvalue weighted by Gasteiger charge is 2.24. The topological polar surface area (TPSA) is 56.9 Å². The Bertz CT molecular complexity index is 612. The van der Waals surface area contributed by atoms with E-state index in [0.717, 1.165) is 24.2 Å². The normalized spacial score (nSPS) is 19.5. The zero-order valence-electron chi connectivity index (χ0n) is 13.1. The maximum atomic E-state index is 12.5. The molecular formula is C18H22N2O3. The minimum atomic E-state index is -0.524. The molecule has 1 aliphatic rings. The minimum absolute atomic E-state index is 0.0698. The zero-order valence-corrected chi connectivity index (χ0v) is 13.1. The lowest BCUT2D eigenvalue weighted by molar-refractivity contribution is -0.131. The highest BCUT2D eigenvalue weighted by Crippen LogP contribution is 2.11. The summed E-state index contributed by atoms with van der Waals surface area (Å²) >= 11 is 0. The van der Waals surface area contributed by atoms with E-state index in [9.17, 15) is 9.90 Å². The van der Waals surface area contributed by atoms with Crippen LogP contribution in [0.1, 0.15) is 11.1 Å². The molecule has 5 heteroatoms. The predicted molar refractivity (Wildman–Crippen MR) is 86.7 cm³/mol. The Balaban J connectivity index is 1.58. The van der Waals surface area contributed by atoms with Crippen molar-refractivity contribution in [3.05, 3.63) is 60.1 Å². The maximum absolute atomic E-state index is 12.5. The summed E-state index contributed by atoms with van der Waals surface area (Å²) in [6.45, 7) is 3.09. The van der Waals surface area contributed by atoms with Crippen LogP contribution in [0.25, 0.3) is 0 Å². The smallest absolute Gasteiger partial charge is 0.227 e. The quantitative estimate of drug-likeness (QED) is 0.930.